The van der Waals surface area contributed by atoms with E-state index in [4.69, 9.17) is 16.3 Å². The number of ether oxygens (including phenoxy) is 1. The van der Waals surface area contributed by atoms with Crippen LogP contribution in [0.3, 0.4) is 0 Å². The molecular formula is C18H28ClIN6O. The Kier molecular flexibility index (Phi) is 11.8. The van der Waals surface area contributed by atoms with E-state index < -0.39 is 0 Å². The second kappa shape index (κ2) is 13.6. The van der Waals surface area contributed by atoms with Crippen molar-refractivity contribution in [1.29, 1.82) is 0 Å². The summed E-state index contributed by atoms with van der Waals surface area (Å²) >= 11 is 5.88. The van der Waals surface area contributed by atoms with Gasteiger partial charge in [-0.05, 0) is 51.0 Å². The molecule has 27 heavy (non-hydrogen) atoms. The molecule has 7 nitrogen and oxygen atoms in total. The van der Waals surface area contributed by atoms with E-state index in [1.807, 2.05) is 35.8 Å². The Bertz CT molecular complexity index is 650. The van der Waals surface area contributed by atoms with Gasteiger partial charge in [0.2, 0.25) is 0 Å². The van der Waals surface area contributed by atoms with Crippen LogP contribution in [0.15, 0.2) is 41.9 Å². The molecule has 0 saturated heterocycles. The van der Waals surface area contributed by atoms with Crippen LogP contribution in [0.25, 0.3) is 0 Å². The minimum absolute atomic E-state index is 0. The van der Waals surface area contributed by atoms with Gasteiger partial charge in [-0.1, -0.05) is 11.6 Å². The van der Waals surface area contributed by atoms with Gasteiger partial charge in [0, 0.05) is 24.7 Å². The maximum absolute atomic E-state index is 5.88. The number of nitrogens with one attached hydrogen (secondary N) is 2. The zero-order chi connectivity index (χ0) is 18.6. The molecule has 1 heterocycles. The zero-order valence-corrected chi connectivity index (χ0v) is 18.9. The van der Waals surface area contributed by atoms with Gasteiger partial charge in [-0.2, -0.15) is 0 Å². The molecule has 0 fully saturated rings. The number of halogens is 2. The molecule has 150 valence electrons. The first-order valence-electron chi connectivity index (χ1n) is 8.94. The number of hydrogen-bond donors (Lipinski definition) is 2. The summed E-state index contributed by atoms with van der Waals surface area (Å²) in [6.45, 7) is 7.23. The maximum Gasteiger partial charge on any atom is 0.191 e. The fourth-order valence-electron chi connectivity index (χ4n) is 2.31. The number of benzene rings is 1. The van der Waals surface area contributed by atoms with Crippen LogP contribution in [0.5, 0.6) is 5.75 Å². The van der Waals surface area contributed by atoms with Crippen molar-refractivity contribution < 1.29 is 4.74 Å². The predicted molar refractivity (Wildman–Crippen MR) is 120 cm³/mol. The normalized spacial score (nSPS) is 12.2. The SMILES string of the molecule is CCNC(=NCC(C)Oc1ccc(Cl)cc1)NCCCCn1cnnc1.I. The molecule has 0 bridgehead atoms. The Morgan fingerprint density at radius 2 is 1.89 bits per heavy atom. The number of hydrogen-bond acceptors (Lipinski definition) is 4. The van der Waals surface area contributed by atoms with Crippen LogP contribution >= 0.6 is 35.6 Å². The smallest absolute Gasteiger partial charge is 0.191 e. The van der Waals surface area contributed by atoms with Gasteiger partial charge in [0.15, 0.2) is 5.96 Å². The quantitative estimate of drug-likeness (QED) is 0.224. The fourth-order valence-corrected chi connectivity index (χ4v) is 2.43. The van der Waals surface area contributed by atoms with Gasteiger partial charge in [-0.3, -0.25) is 0 Å². The molecule has 9 heteroatoms. The number of aryl methyl sites for hydroxylation is 1. The van der Waals surface area contributed by atoms with E-state index in [9.17, 15) is 0 Å². The topological polar surface area (TPSA) is 76.4 Å². The molecule has 2 aromatic rings. The highest BCUT2D eigenvalue weighted by Gasteiger charge is 2.05. The van der Waals surface area contributed by atoms with Crippen LogP contribution in [0, 0.1) is 0 Å². The molecule has 2 N–H and O–H groups in total. The molecule has 1 aromatic heterocycles. The largest absolute Gasteiger partial charge is 0.489 e. The van der Waals surface area contributed by atoms with Gasteiger partial charge in [0.05, 0.1) is 6.54 Å². The number of rotatable bonds is 10. The molecule has 0 saturated carbocycles. The Hall–Kier alpha value is -1.55. The Morgan fingerprint density at radius 1 is 1.19 bits per heavy atom. The number of guanidine groups is 1. The molecule has 0 amide bonds. The van der Waals surface area contributed by atoms with Gasteiger partial charge >= 0.3 is 0 Å². The summed E-state index contributed by atoms with van der Waals surface area (Å²) in [6.07, 6.45) is 5.54. The van der Waals surface area contributed by atoms with E-state index in [0.29, 0.717) is 11.6 Å². The van der Waals surface area contributed by atoms with Crippen molar-refractivity contribution in [2.45, 2.75) is 39.3 Å². The second-order valence-corrected chi connectivity index (χ2v) is 6.37. The molecule has 0 aliphatic carbocycles. The highest BCUT2D eigenvalue weighted by molar-refractivity contribution is 14.0. The third kappa shape index (κ3) is 9.81. The summed E-state index contributed by atoms with van der Waals surface area (Å²) in [7, 11) is 0. The Labute approximate surface area is 183 Å². The minimum atomic E-state index is -0.0274. The van der Waals surface area contributed by atoms with E-state index in [1.54, 1.807) is 12.7 Å². The fraction of sp³-hybridized carbons (Fsp3) is 0.500. The van der Waals surface area contributed by atoms with Gasteiger partial charge < -0.3 is 19.9 Å². The van der Waals surface area contributed by atoms with Crippen LogP contribution < -0.4 is 15.4 Å². The van der Waals surface area contributed by atoms with Gasteiger partial charge in [0.25, 0.3) is 0 Å². The molecule has 1 aromatic carbocycles. The van der Waals surface area contributed by atoms with Crippen LogP contribution in [-0.4, -0.2) is 46.5 Å². The standard InChI is InChI=1S/C18H27ClN6O.HI/c1-3-20-18(21-10-4-5-11-25-13-23-24-14-25)22-12-15(2)26-17-8-6-16(19)7-9-17;/h6-9,13-15H,3-5,10-12H2,1-2H3,(H2,20,21,22);1H. The van der Waals surface area contributed by atoms with E-state index in [2.05, 4.69) is 32.7 Å². The first-order valence-corrected chi connectivity index (χ1v) is 9.32. The summed E-state index contributed by atoms with van der Waals surface area (Å²) < 4.78 is 7.83. The lowest BCUT2D eigenvalue weighted by atomic mass is 10.3. The lowest BCUT2D eigenvalue weighted by Crippen LogP contribution is -2.38. The van der Waals surface area contributed by atoms with Gasteiger partial charge in [-0.15, -0.1) is 34.2 Å². The first kappa shape index (κ1) is 23.5. The first-order chi connectivity index (χ1) is 12.7. The average Bonchev–Trinajstić information content (AvgIpc) is 3.15. The molecule has 1 unspecified atom stereocenters. The van der Waals surface area contributed by atoms with Crippen molar-refractivity contribution in [1.82, 2.24) is 25.4 Å². The van der Waals surface area contributed by atoms with Gasteiger partial charge in [0.1, 0.15) is 24.5 Å². The van der Waals surface area contributed by atoms with E-state index >= 15 is 0 Å². The molecule has 0 spiro atoms. The molecule has 1 atom stereocenters. The van der Waals surface area contributed by atoms with Crippen LogP contribution in [0.2, 0.25) is 5.02 Å². The molecule has 0 aliphatic rings. The van der Waals surface area contributed by atoms with E-state index in [1.165, 1.54) is 0 Å². The van der Waals surface area contributed by atoms with Crippen LogP contribution in [0.1, 0.15) is 26.7 Å². The van der Waals surface area contributed by atoms with Crippen molar-refractivity contribution in [2.75, 3.05) is 19.6 Å². The highest BCUT2D eigenvalue weighted by atomic mass is 127. The van der Waals surface area contributed by atoms with Crippen LogP contribution in [-0.2, 0) is 6.54 Å². The maximum atomic E-state index is 5.88. The van der Waals surface area contributed by atoms with Crippen molar-refractivity contribution in [2.24, 2.45) is 4.99 Å². The zero-order valence-electron chi connectivity index (χ0n) is 15.8. The number of aromatic nitrogens is 3. The van der Waals surface area contributed by atoms with E-state index in [0.717, 1.165) is 44.2 Å². The van der Waals surface area contributed by atoms with Crippen molar-refractivity contribution in [3.63, 3.8) is 0 Å². The minimum Gasteiger partial charge on any atom is -0.489 e. The average molecular weight is 507 g/mol. The molecular weight excluding hydrogens is 479 g/mol. The lowest BCUT2D eigenvalue weighted by Gasteiger charge is -2.15. The predicted octanol–water partition coefficient (Wildman–Crippen LogP) is 3.35. The second-order valence-electron chi connectivity index (χ2n) is 5.94. The van der Waals surface area contributed by atoms with Crippen molar-refractivity contribution in [3.8, 4) is 5.75 Å². The molecule has 2 rings (SSSR count). The number of nitrogens with zero attached hydrogens (tertiary/aromatic N) is 4. The summed E-state index contributed by atoms with van der Waals surface area (Å²) in [4.78, 5) is 4.59. The lowest BCUT2D eigenvalue weighted by molar-refractivity contribution is 0.230. The number of aliphatic imine (C=N–C) groups is 1. The monoisotopic (exact) mass is 506 g/mol. The third-order valence-corrected chi connectivity index (χ3v) is 3.86. The summed E-state index contributed by atoms with van der Waals surface area (Å²) in [6, 6.07) is 7.36. The highest BCUT2D eigenvalue weighted by Crippen LogP contribution is 2.16. The third-order valence-electron chi connectivity index (χ3n) is 3.60. The summed E-state index contributed by atoms with van der Waals surface area (Å²) in [5.74, 6) is 1.60. The van der Waals surface area contributed by atoms with E-state index in [-0.39, 0.29) is 30.1 Å². The van der Waals surface area contributed by atoms with Crippen molar-refractivity contribution >= 4 is 41.5 Å². The Morgan fingerprint density at radius 3 is 2.56 bits per heavy atom. The molecule has 0 radical (unpaired) electrons. The van der Waals surface area contributed by atoms with Crippen molar-refractivity contribution in [3.05, 3.63) is 41.9 Å². The van der Waals surface area contributed by atoms with Gasteiger partial charge in [-0.25, -0.2) is 4.99 Å². The molecule has 0 aliphatic heterocycles. The summed E-state index contributed by atoms with van der Waals surface area (Å²) in [5, 5.41) is 14.9. The van der Waals surface area contributed by atoms with Crippen LogP contribution in [0.4, 0.5) is 0 Å². The number of unbranched alkanes of at least 4 members (excludes halogenated alkanes) is 1. The summed E-state index contributed by atoms with van der Waals surface area (Å²) in [5.41, 5.74) is 0. The Balaban J connectivity index is 0.00000364.